The molecule has 0 N–H and O–H groups in total. The largest absolute Gasteiger partial charge is 0.357 e. The van der Waals surface area contributed by atoms with Crippen LogP contribution < -0.4 is 0 Å². The average molecular weight is 459 g/mol. The molecule has 0 aromatic heterocycles. The zero-order chi connectivity index (χ0) is 24.3. The van der Waals surface area contributed by atoms with Gasteiger partial charge in [-0.3, -0.25) is 9.59 Å². The normalized spacial score (nSPS) is 13.0. The van der Waals surface area contributed by atoms with E-state index < -0.39 is 12.2 Å². The third kappa shape index (κ3) is 6.83. The summed E-state index contributed by atoms with van der Waals surface area (Å²) in [5, 5.41) is 0. The van der Waals surface area contributed by atoms with Gasteiger partial charge in [0.1, 0.15) is 24.8 Å². The van der Waals surface area contributed by atoms with Crippen LogP contribution in [0.3, 0.4) is 0 Å². The van der Waals surface area contributed by atoms with Gasteiger partial charge in [-0.15, -0.1) is 0 Å². The first kappa shape index (κ1) is 23.8. The molecule has 4 rings (SSSR count). The molecule has 4 aromatic carbocycles. The quantitative estimate of drug-likeness (QED) is 0.231. The first-order valence-corrected chi connectivity index (χ1v) is 11.5. The fourth-order valence-electron chi connectivity index (χ4n) is 3.77. The highest BCUT2D eigenvalue weighted by molar-refractivity contribution is 5.75. The molecular weight excluding hydrogens is 432 g/mol. The van der Waals surface area contributed by atoms with Crippen molar-refractivity contribution in [2.24, 2.45) is 0 Å². The molecule has 2 atom stereocenters. The second-order valence-corrected chi connectivity index (χ2v) is 8.09. The van der Waals surface area contributed by atoms with Crippen LogP contribution in [0.4, 0.5) is 0 Å². The molecule has 0 spiro atoms. The Labute approximate surface area is 206 Å². The Bertz CT molecular complexity index is 1200. The van der Waals surface area contributed by atoms with Crippen molar-refractivity contribution in [3.63, 3.8) is 0 Å². The van der Waals surface area contributed by atoms with E-state index in [0.29, 0.717) is 11.1 Å². The molecule has 0 aliphatic heterocycles. The van der Waals surface area contributed by atoms with Gasteiger partial charge in [0.05, 0.1) is 0 Å². The first-order chi connectivity index (χ1) is 17.2. The van der Waals surface area contributed by atoms with Crippen LogP contribution in [0, 0.1) is 0 Å². The smallest absolute Gasteiger partial charge is 0.150 e. The Kier molecular flexibility index (Phi) is 8.31. The van der Waals surface area contributed by atoms with Gasteiger partial charge >= 0.3 is 0 Å². The van der Waals surface area contributed by atoms with Crippen molar-refractivity contribution in [2.75, 3.05) is 0 Å². The standard InChI is InChI=1S/C32H26O3/c33-23-27-13-7-15-29(21-27)31(19-17-25-9-3-1-4-10-25)35-32(20-18-26-11-5-2-6-12-26)30-16-8-14-28(22-30)24-34/h1-24,31-32H. The van der Waals surface area contributed by atoms with E-state index in [1.807, 2.05) is 121 Å². The molecule has 0 saturated heterocycles. The monoisotopic (exact) mass is 458 g/mol. The van der Waals surface area contributed by atoms with E-state index in [4.69, 9.17) is 4.74 Å². The molecule has 0 aliphatic rings. The Morgan fingerprint density at radius 1 is 0.486 bits per heavy atom. The molecule has 0 aliphatic carbocycles. The maximum absolute atomic E-state index is 11.4. The van der Waals surface area contributed by atoms with Gasteiger partial charge in [0.25, 0.3) is 0 Å². The van der Waals surface area contributed by atoms with Crippen molar-refractivity contribution in [1.82, 2.24) is 0 Å². The SMILES string of the molecule is O=Cc1cccc(C(C=Cc2ccccc2)OC(C=Cc2ccccc2)c2cccc(C=O)c2)c1. The van der Waals surface area contributed by atoms with Gasteiger partial charge in [-0.25, -0.2) is 0 Å². The van der Waals surface area contributed by atoms with E-state index in [2.05, 4.69) is 0 Å². The summed E-state index contributed by atoms with van der Waals surface area (Å²) < 4.78 is 6.66. The Morgan fingerprint density at radius 3 is 1.29 bits per heavy atom. The van der Waals surface area contributed by atoms with Crippen LogP contribution in [0.1, 0.15) is 55.2 Å². The number of rotatable bonds is 10. The third-order valence-electron chi connectivity index (χ3n) is 5.57. The molecule has 35 heavy (non-hydrogen) atoms. The predicted octanol–water partition coefficient (Wildman–Crippen LogP) is 7.54. The zero-order valence-corrected chi connectivity index (χ0v) is 19.2. The lowest BCUT2D eigenvalue weighted by Gasteiger charge is -2.22. The van der Waals surface area contributed by atoms with E-state index in [1.165, 1.54) is 0 Å². The minimum Gasteiger partial charge on any atom is -0.357 e. The van der Waals surface area contributed by atoms with Crippen molar-refractivity contribution in [2.45, 2.75) is 12.2 Å². The summed E-state index contributed by atoms with van der Waals surface area (Å²) in [7, 11) is 0. The van der Waals surface area contributed by atoms with Crippen LogP contribution >= 0.6 is 0 Å². The molecule has 0 amide bonds. The topological polar surface area (TPSA) is 43.4 Å². The summed E-state index contributed by atoms with van der Waals surface area (Å²) >= 11 is 0. The molecule has 4 aromatic rings. The maximum atomic E-state index is 11.4. The van der Waals surface area contributed by atoms with Crippen LogP contribution in [-0.4, -0.2) is 12.6 Å². The second kappa shape index (κ2) is 12.2. The van der Waals surface area contributed by atoms with Crippen LogP contribution in [0.2, 0.25) is 0 Å². The van der Waals surface area contributed by atoms with Crippen molar-refractivity contribution in [1.29, 1.82) is 0 Å². The molecular formula is C32H26O3. The Hall–Kier alpha value is -4.34. The molecule has 0 saturated carbocycles. The molecule has 3 heteroatoms. The summed E-state index contributed by atoms with van der Waals surface area (Å²) in [5.74, 6) is 0. The fraction of sp³-hybridized carbons (Fsp3) is 0.0625. The summed E-state index contributed by atoms with van der Waals surface area (Å²) in [6.07, 6.45) is 8.82. The van der Waals surface area contributed by atoms with E-state index in [-0.39, 0.29) is 0 Å². The van der Waals surface area contributed by atoms with Gasteiger partial charge in [0.15, 0.2) is 0 Å². The van der Waals surface area contributed by atoms with E-state index in [0.717, 1.165) is 34.8 Å². The number of benzene rings is 4. The average Bonchev–Trinajstić information content (AvgIpc) is 2.94. The number of ether oxygens (including phenoxy) is 1. The van der Waals surface area contributed by atoms with Crippen LogP contribution in [-0.2, 0) is 4.74 Å². The van der Waals surface area contributed by atoms with Gasteiger partial charge in [0.2, 0.25) is 0 Å². The van der Waals surface area contributed by atoms with Gasteiger partial charge in [-0.2, -0.15) is 0 Å². The van der Waals surface area contributed by atoms with Crippen molar-refractivity contribution in [3.8, 4) is 0 Å². The highest BCUT2D eigenvalue weighted by Gasteiger charge is 2.17. The second-order valence-electron chi connectivity index (χ2n) is 8.09. The number of hydrogen-bond acceptors (Lipinski definition) is 3. The molecule has 2 unspecified atom stereocenters. The third-order valence-corrected chi connectivity index (χ3v) is 5.57. The van der Waals surface area contributed by atoms with E-state index in [1.54, 1.807) is 12.1 Å². The minimum atomic E-state index is -0.430. The lowest BCUT2D eigenvalue weighted by atomic mass is 10.0. The summed E-state index contributed by atoms with van der Waals surface area (Å²) in [6.45, 7) is 0. The van der Waals surface area contributed by atoms with Crippen LogP contribution in [0.25, 0.3) is 12.2 Å². The Morgan fingerprint density at radius 2 is 0.886 bits per heavy atom. The van der Waals surface area contributed by atoms with Crippen molar-refractivity contribution < 1.29 is 14.3 Å². The number of aldehydes is 2. The highest BCUT2D eigenvalue weighted by atomic mass is 16.5. The highest BCUT2D eigenvalue weighted by Crippen LogP contribution is 2.31. The van der Waals surface area contributed by atoms with E-state index >= 15 is 0 Å². The van der Waals surface area contributed by atoms with Crippen molar-refractivity contribution >= 4 is 24.7 Å². The first-order valence-electron chi connectivity index (χ1n) is 11.5. The number of carbonyl (C=O) groups is 2. The van der Waals surface area contributed by atoms with Gasteiger partial charge in [0, 0.05) is 11.1 Å². The maximum Gasteiger partial charge on any atom is 0.150 e. The molecule has 172 valence electrons. The van der Waals surface area contributed by atoms with Gasteiger partial charge < -0.3 is 4.74 Å². The van der Waals surface area contributed by atoms with Crippen LogP contribution in [0.5, 0.6) is 0 Å². The zero-order valence-electron chi connectivity index (χ0n) is 19.2. The number of carbonyl (C=O) groups excluding carboxylic acids is 2. The van der Waals surface area contributed by atoms with Crippen molar-refractivity contribution in [3.05, 3.63) is 155 Å². The molecule has 0 fully saturated rings. The lowest BCUT2D eigenvalue weighted by Crippen LogP contribution is -2.08. The van der Waals surface area contributed by atoms with Gasteiger partial charge in [-0.1, -0.05) is 121 Å². The summed E-state index contributed by atoms with van der Waals surface area (Å²) in [4.78, 5) is 22.9. The van der Waals surface area contributed by atoms with Gasteiger partial charge in [-0.05, 0) is 34.4 Å². The summed E-state index contributed by atoms with van der Waals surface area (Å²) in [5.41, 5.74) is 5.00. The predicted molar refractivity (Wildman–Crippen MR) is 141 cm³/mol. The molecule has 0 radical (unpaired) electrons. The lowest BCUT2D eigenvalue weighted by molar-refractivity contribution is 0.0407. The Balaban J connectivity index is 1.72. The minimum absolute atomic E-state index is 0.430. The summed E-state index contributed by atoms with van der Waals surface area (Å²) in [6, 6.07) is 34.8. The molecule has 3 nitrogen and oxygen atoms in total. The molecule has 0 heterocycles. The number of hydrogen-bond donors (Lipinski definition) is 0. The fourth-order valence-corrected chi connectivity index (χ4v) is 3.77. The molecule has 0 bridgehead atoms. The van der Waals surface area contributed by atoms with E-state index in [9.17, 15) is 9.59 Å². The van der Waals surface area contributed by atoms with Crippen LogP contribution in [0.15, 0.2) is 121 Å².